The van der Waals surface area contributed by atoms with E-state index in [0.29, 0.717) is 5.41 Å². The maximum atomic E-state index is 8.64. The van der Waals surface area contributed by atoms with Crippen LogP contribution < -0.4 is 0 Å². The monoisotopic (exact) mass is 200 g/mol. The summed E-state index contributed by atoms with van der Waals surface area (Å²) in [7, 11) is 0.156. The standard InChI is InChI=1S/C11H24OSi/c1-4-8-11(2,3)9-6-5-7-10-13-12/h12H,4-10H2,1-3H3. The second-order valence-electron chi connectivity index (χ2n) is 4.63. The fourth-order valence-electron chi connectivity index (χ4n) is 1.79. The van der Waals surface area contributed by atoms with E-state index in [1.54, 1.807) is 0 Å². The summed E-state index contributed by atoms with van der Waals surface area (Å²) >= 11 is 0. The van der Waals surface area contributed by atoms with E-state index < -0.39 is 0 Å². The van der Waals surface area contributed by atoms with E-state index in [1.165, 1.54) is 38.5 Å². The third kappa shape index (κ3) is 8.51. The molecule has 0 aromatic heterocycles. The first kappa shape index (κ1) is 13.2. The summed E-state index contributed by atoms with van der Waals surface area (Å²) in [5, 5.41) is 0. The third-order valence-corrected chi connectivity index (χ3v) is 3.15. The summed E-state index contributed by atoms with van der Waals surface area (Å²) < 4.78 is 0. The maximum Gasteiger partial charge on any atom is 0.224 e. The molecule has 0 atom stereocenters. The summed E-state index contributed by atoms with van der Waals surface area (Å²) in [6.45, 7) is 6.99. The molecule has 78 valence electrons. The molecule has 0 heterocycles. The van der Waals surface area contributed by atoms with E-state index in [0.717, 1.165) is 6.04 Å². The summed E-state index contributed by atoms with van der Waals surface area (Å²) in [5.74, 6) is 0. The lowest BCUT2D eigenvalue weighted by atomic mass is 9.83. The van der Waals surface area contributed by atoms with Gasteiger partial charge < -0.3 is 4.80 Å². The first-order chi connectivity index (χ1) is 6.12. The molecule has 1 nitrogen and oxygen atoms in total. The van der Waals surface area contributed by atoms with Crippen LogP contribution in [-0.4, -0.2) is 14.6 Å². The zero-order valence-electron chi connectivity index (χ0n) is 9.40. The molecule has 0 aromatic carbocycles. The van der Waals surface area contributed by atoms with Crippen molar-refractivity contribution in [2.24, 2.45) is 5.41 Å². The van der Waals surface area contributed by atoms with Crippen LogP contribution in [-0.2, 0) is 0 Å². The molecule has 0 aliphatic carbocycles. The molecule has 0 fully saturated rings. The molecule has 0 bridgehead atoms. The van der Waals surface area contributed by atoms with Crippen LogP contribution in [0.5, 0.6) is 0 Å². The van der Waals surface area contributed by atoms with E-state index in [-0.39, 0.29) is 9.76 Å². The normalized spacial score (nSPS) is 12.0. The Labute approximate surface area is 85.9 Å². The van der Waals surface area contributed by atoms with Gasteiger partial charge in [-0.3, -0.25) is 0 Å². The van der Waals surface area contributed by atoms with Crippen LogP contribution >= 0.6 is 0 Å². The molecule has 0 saturated heterocycles. The zero-order valence-corrected chi connectivity index (χ0v) is 10.4. The molecular formula is C11H24OSi. The second-order valence-corrected chi connectivity index (χ2v) is 5.45. The van der Waals surface area contributed by atoms with Crippen LogP contribution in [0.3, 0.4) is 0 Å². The van der Waals surface area contributed by atoms with Crippen molar-refractivity contribution in [3.8, 4) is 0 Å². The fourth-order valence-corrected chi connectivity index (χ4v) is 2.19. The molecule has 2 radical (unpaired) electrons. The van der Waals surface area contributed by atoms with E-state index in [1.807, 2.05) is 0 Å². The van der Waals surface area contributed by atoms with E-state index >= 15 is 0 Å². The first-order valence-electron chi connectivity index (χ1n) is 5.49. The van der Waals surface area contributed by atoms with Gasteiger partial charge in [-0.25, -0.2) is 0 Å². The minimum absolute atomic E-state index is 0.156. The Morgan fingerprint density at radius 3 is 2.31 bits per heavy atom. The van der Waals surface area contributed by atoms with Gasteiger partial charge in [-0.05, 0) is 24.3 Å². The molecule has 0 aliphatic rings. The van der Waals surface area contributed by atoms with Crippen LogP contribution in [0.4, 0.5) is 0 Å². The molecule has 0 rings (SSSR count). The lowest BCUT2D eigenvalue weighted by Gasteiger charge is -2.23. The Balaban J connectivity index is 3.29. The number of unbranched alkanes of at least 4 members (excludes halogenated alkanes) is 2. The predicted octanol–water partition coefficient (Wildman–Crippen LogP) is 3.40. The number of rotatable bonds is 8. The van der Waals surface area contributed by atoms with Gasteiger partial charge in [-0.15, -0.1) is 0 Å². The number of hydrogen-bond donors (Lipinski definition) is 1. The van der Waals surface area contributed by atoms with E-state index in [2.05, 4.69) is 20.8 Å². The Kier molecular flexibility index (Phi) is 7.67. The van der Waals surface area contributed by atoms with Crippen molar-refractivity contribution < 1.29 is 4.80 Å². The molecule has 0 aromatic rings. The van der Waals surface area contributed by atoms with Crippen molar-refractivity contribution in [3.63, 3.8) is 0 Å². The molecule has 0 amide bonds. The quantitative estimate of drug-likeness (QED) is 0.470. The van der Waals surface area contributed by atoms with Crippen molar-refractivity contribution in [1.29, 1.82) is 0 Å². The van der Waals surface area contributed by atoms with Crippen LogP contribution in [0.15, 0.2) is 0 Å². The lowest BCUT2D eigenvalue weighted by molar-refractivity contribution is 0.292. The SMILES string of the molecule is CCCC(C)(C)CCCCC[Si]O. The average molecular weight is 200 g/mol. The summed E-state index contributed by atoms with van der Waals surface area (Å²) in [4.78, 5) is 8.64. The van der Waals surface area contributed by atoms with Gasteiger partial charge in [0.15, 0.2) is 0 Å². The van der Waals surface area contributed by atoms with Crippen molar-refractivity contribution in [2.75, 3.05) is 0 Å². The zero-order chi connectivity index (χ0) is 10.2. The van der Waals surface area contributed by atoms with Gasteiger partial charge in [0.2, 0.25) is 9.76 Å². The third-order valence-electron chi connectivity index (χ3n) is 2.57. The van der Waals surface area contributed by atoms with E-state index in [4.69, 9.17) is 4.80 Å². The van der Waals surface area contributed by atoms with Crippen LogP contribution in [0.1, 0.15) is 59.3 Å². The van der Waals surface area contributed by atoms with Gasteiger partial charge in [0.05, 0.1) is 0 Å². The molecular weight excluding hydrogens is 176 g/mol. The van der Waals surface area contributed by atoms with Crippen molar-refractivity contribution in [3.05, 3.63) is 0 Å². The Bertz CT molecular complexity index is 113. The van der Waals surface area contributed by atoms with Crippen LogP contribution in [0.25, 0.3) is 0 Å². The summed E-state index contributed by atoms with van der Waals surface area (Å²) in [5.41, 5.74) is 0.538. The Hall–Kier alpha value is 0.177. The van der Waals surface area contributed by atoms with Gasteiger partial charge in [0.25, 0.3) is 0 Å². The number of hydrogen-bond acceptors (Lipinski definition) is 1. The second kappa shape index (κ2) is 7.57. The predicted molar refractivity (Wildman–Crippen MR) is 59.9 cm³/mol. The van der Waals surface area contributed by atoms with E-state index in [9.17, 15) is 0 Å². The van der Waals surface area contributed by atoms with Crippen molar-refractivity contribution >= 4 is 9.76 Å². The highest BCUT2D eigenvalue weighted by Crippen LogP contribution is 2.28. The Morgan fingerprint density at radius 2 is 1.77 bits per heavy atom. The molecule has 1 N–H and O–H groups in total. The molecule has 2 heteroatoms. The molecule has 0 spiro atoms. The average Bonchev–Trinajstić information content (AvgIpc) is 2.04. The van der Waals surface area contributed by atoms with Crippen LogP contribution in [0, 0.1) is 5.41 Å². The summed E-state index contributed by atoms with van der Waals surface area (Å²) in [6.07, 6.45) is 7.81. The molecule has 0 aliphatic heterocycles. The Morgan fingerprint density at radius 1 is 1.08 bits per heavy atom. The molecule has 0 saturated carbocycles. The minimum Gasteiger partial charge on any atom is -0.432 e. The van der Waals surface area contributed by atoms with Gasteiger partial charge in [0.1, 0.15) is 0 Å². The molecule has 13 heavy (non-hydrogen) atoms. The minimum atomic E-state index is 0.156. The fraction of sp³-hybridized carbons (Fsp3) is 1.00. The van der Waals surface area contributed by atoms with Gasteiger partial charge >= 0.3 is 0 Å². The highest BCUT2D eigenvalue weighted by Gasteiger charge is 2.15. The largest absolute Gasteiger partial charge is 0.432 e. The van der Waals surface area contributed by atoms with Crippen LogP contribution in [0.2, 0.25) is 6.04 Å². The maximum absolute atomic E-state index is 8.64. The topological polar surface area (TPSA) is 20.2 Å². The van der Waals surface area contributed by atoms with Crippen molar-refractivity contribution in [1.82, 2.24) is 0 Å². The van der Waals surface area contributed by atoms with Gasteiger partial charge in [0, 0.05) is 0 Å². The highest BCUT2D eigenvalue weighted by molar-refractivity contribution is 6.25. The molecule has 0 unspecified atom stereocenters. The van der Waals surface area contributed by atoms with Crippen molar-refractivity contribution in [2.45, 2.75) is 65.3 Å². The van der Waals surface area contributed by atoms with Gasteiger partial charge in [-0.1, -0.05) is 46.5 Å². The smallest absolute Gasteiger partial charge is 0.224 e. The lowest BCUT2D eigenvalue weighted by Crippen LogP contribution is -2.10. The first-order valence-corrected chi connectivity index (χ1v) is 6.65. The summed E-state index contributed by atoms with van der Waals surface area (Å²) in [6, 6.07) is 1.01. The van der Waals surface area contributed by atoms with Gasteiger partial charge in [-0.2, -0.15) is 0 Å². The highest BCUT2D eigenvalue weighted by atomic mass is 28.2.